The Morgan fingerprint density at radius 3 is 2.42 bits per heavy atom. The average molecular weight is 345 g/mol. The van der Waals surface area contributed by atoms with E-state index in [2.05, 4.69) is 5.32 Å². The van der Waals surface area contributed by atoms with Crippen LogP contribution >= 0.6 is 0 Å². The van der Waals surface area contributed by atoms with Crippen molar-refractivity contribution in [3.8, 4) is 0 Å². The highest BCUT2D eigenvalue weighted by atomic mass is 19.4. The Balaban J connectivity index is 2.14. The fourth-order valence-electron chi connectivity index (χ4n) is 2.03. The molecule has 2 rings (SSSR count). The van der Waals surface area contributed by atoms with E-state index in [1.807, 2.05) is 0 Å². The topological polar surface area (TPSA) is 49.3 Å². The summed E-state index contributed by atoms with van der Waals surface area (Å²) in [5.74, 6) is -2.71. The van der Waals surface area contributed by atoms with Gasteiger partial charge in [0.1, 0.15) is 11.6 Å². The normalized spacial score (nSPS) is 11.4. The quantitative estimate of drug-likeness (QED) is 0.835. The average Bonchev–Trinajstić information content (AvgIpc) is 2.52. The number of carbonyl (C=O) groups is 1. The Bertz CT molecular complexity index is 759. The Morgan fingerprint density at radius 2 is 1.79 bits per heavy atom. The summed E-state index contributed by atoms with van der Waals surface area (Å²) in [5.41, 5.74) is -1.29. The van der Waals surface area contributed by atoms with Gasteiger partial charge in [0.2, 0.25) is 0 Å². The molecule has 2 N–H and O–H groups in total. The van der Waals surface area contributed by atoms with Crippen molar-refractivity contribution in [1.82, 2.24) is 5.32 Å². The van der Waals surface area contributed by atoms with Crippen LogP contribution in [0, 0.1) is 11.6 Å². The summed E-state index contributed by atoms with van der Waals surface area (Å²) in [6.07, 6.45) is -4.77. The fraction of sp³-hybridized carbons (Fsp3) is 0.188. The zero-order chi connectivity index (χ0) is 17.9. The number of rotatable bonds is 4. The van der Waals surface area contributed by atoms with Gasteiger partial charge in [-0.05, 0) is 35.9 Å². The molecule has 2 aromatic carbocycles. The number of nitrogens with one attached hydrogen (secondary N) is 1. The molecule has 1 amide bonds. The maximum absolute atomic E-state index is 13.3. The minimum Gasteiger partial charge on any atom is -0.392 e. The molecule has 0 aromatic heterocycles. The number of halogens is 5. The fourth-order valence-corrected chi connectivity index (χ4v) is 2.03. The van der Waals surface area contributed by atoms with Gasteiger partial charge in [-0.3, -0.25) is 4.79 Å². The van der Waals surface area contributed by atoms with Gasteiger partial charge in [0.15, 0.2) is 0 Å². The largest absolute Gasteiger partial charge is 0.416 e. The van der Waals surface area contributed by atoms with E-state index in [0.717, 1.165) is 6.07 Å². The second kappa shape index (κ2) is 6.96. The highest BCUT2D eigenvalue weighted by molar-refractivity contribution is 5.94. The van der Waals surface area contributed by atoms with Crippen LogP contribution in [-0.4, -0.2) is 11.0 Å². The van der Waals surface area contributed by atoms with Crippen LogP contribution in [0.1, 0.15) is 27.0 Å². The summed E-state index contributed by atoms with van der Waals surface area (Å²) in [5, 5.41) is 11.3. The molecule has 128 valence electrons. The van der Waals surface area contributed by atoms with E-state index >= 15 is 0 Å². The van der Waals surface area contributed by atoms with Crippen LogP contribution < -0.4 is 5.32 Å². The highest BCUT2D eigenvalue weighted by Crippen LogP contribution is 2.30. The number of alkyl halides is 3. The van der Waals surface area contributed by atoms with E-state index in [1.165, 1.54) is 12.1 Å². The molecule has 24 heavy (non-hydrogen) atoms. The predicted molar refractivity (Wildman–Crippen MR) is 74.9 cm³/mol. The molecule has 0 saturated carbocycles. The van der Waals surface area contributed by atoms with Crippen molar-refractivity contribution < 1.29 is 31.9 Å². The number of benzene rings is 2. The van der Waals surface area contributed by atoms with Crippen molar-refractivity contribution in [2.45, 2.75) is 19.3 Å². The third-order valence-corrected chi connectivity index (χ3v) is 3.22. The van der Waals surface area contributed by atoms with Gasteiger partial charge in [-0.15, -0.1) is 0 Å². The van der Waals surface area contributed by atoms with Crippen LogP contribution in [0.15, 0.2) is 36.4 Å². The maximum atomic E-state index is 13.3. The van der Waals surface area contributed by atoms with Crippen LogP contribution in [0.3, 0.4) is 0 Å². The predicted octanol–water partition coefficient (Wildman–Crippen LogP) is 3.41. The van der Waals surface area contributed by atoms with Crippen LogP contribution in [-0.2, 0) is 19.3 Å². The molecule has 0 aliphatic carbocycles. The third-order valence-electron chi connectivity index (χ3n) is 3.22. The molecular weight excluding hydrogens is 333 g/mol. The summed E-state index contributed by atoms with van der Waals surface area (Å²) in [4.78, 5) is 11.9. The number of hydrogen-bond acceptors (Lipinski definition) is 2. The molecule has 0 spiro atoms. The van der Waals surface area contributed by atoms with Gasteiger partial charge in [0, 0.05) is 17.7 Å². The molecule has 0 heterocycles. The van der Waals surface area contributed by atoms with Gasteiger partial charge in [0.25, 0.3) is 5.91 Å². The first kappa shape index (κ1) is 17.9. The van der Waals surface area contributed by atoms with Gasteiger partial charge in [-0.25, -0.2) is 8.78 Å². The second-order valence-corrected chi connectivity index (χ2v) is 4.99. The minimum absolute atomic E-state index is 0.0202. The molecule has 8 heteroatoms. The van der Waals surface area contributed by atoms with E-state index in [0.29, 0.717) is 23.8 Å². The highest BCUT2D eigenvalue weighted by Gasteiger charge is 2.31. The van der Waals surface area contributed by atoms with E-state index in [1.54, 1.807) is 0 Å². The number of aliphatic hydroxyl groups is 1. The van der Waals surface area contributed by atoms with Crippen LogP contribution in [0.2, 0.25) is 0 Å². The smallest absolute Gasteiger partial charge is 0.392 e. The standard InChI is InChI=1S/C16H12F5NO2/c17-13-5-10(4-12(6-13)16(19,20)21)15(24)22-7-9-1-2-14(18)11(3-9)8-23/h1-6,23H,7-8H2,(H,22,24). The van der Waals surface area contributed by atoms with Gasteiger partial charge >= 0.3 is 6.18 Å². The summed E-state index contributed by atoms with van der Waals surface area (Å²) in [6.45, 7) is -0.656. The number of aliphatic hydroxyl groups excluding tert-OH is 1. The molecule has 0 fully saturated rings. The van der Waals surface area contributed by atoms with Crippen LogP contribution in [0.4, 0.5) is 22.0 Å². The van der Waals surface area contributed by atoms with Gasteiger partial charge in [-0.1, -0.05) is 6.07 Å². The molecule has 0 bridgehead atoms. The van der Waals surface area contributed by atoms with Crippen molar-refractivity contribution in [3.05, 3.63) is 70.3 Å². The van der Waals surface area contributed by atoms with Crippen LogP contribution in [0.25, 0.3) is 0 Å². The number of carbonyl (C=O) groups excluding carboxylic acids is 1. The number of hydrogen-bond donors (Lipinski definition) is 2. The second-order valence-electron chi connectivity index (χ2n) is 4.99. The SMILES string of the molecule is O=C(NCc1ccc(F)c(CO)c1)c1cc(F)cc(C(F)(F)F)c1. The Morgan fingerprint density at radius 1 is 1.08 bits per heavy atom. The van der Waals surface area contributed by atoms with Gasteiger partial charge in [-0.2, -0.15) is 13.2 Å². The lowest BCUT2D eigenvalue weighted by Crippen LogP contribution is -2.23. The molecular formula is C16H12F5NO2. The first-order valence-electron chi connectivity index (χ1n) is 6.75. The van der Waals surface area contributed by atoms with E-state index < -0.39 is 41.5 Å². The van der Waals surface area contributed by atoms with E-state index in [9.17, 15) is 26.7 Å². The Labute approximate surface area is 133 Å². The summed E-state index contributed by atoms with van der Waals surface area (Å²) in [7, 11) is 0. The summed E-state index contributed by atoms with van der Waals surface area (Å²) in [6, 6.07) is 5.28. The van der Waals surface area contributed by atoms with Gasteiger partial charge < -0.3 is 10.4 Å². The van der Waals surface area contributed by atoms with Gasteiger partial charge in [0.05, 0.1) is 12.2 Å². The lowest BCUT2D eigenvalue weighted by atomic mass is 10.1. The maximum Gasteiger partial charge on any atom is 0.416 e. The monoisotopic (exact) mass is 345 g/mol. The Hall–Kier alpha value is -2.48. The molecule has 0 atom stereocenters. The molecule has 2 aromatic rings. The number of amides is 1. The minimum atomic E-state index is -4.77. The van der Waals surface area contributed by atoms with Crippen molar-refractivity contribution in [2.75, 3.05) is 0 Å². The molecule has 0 unspecified atom stereocenters. The lowest BCUT2D eigenvalue weighted by molar-refractivity contribution is -0.137. The van der Waals surface area contributed by atoms with Crippen molar-refractivity contribution in [1.29, 1.82) is 0 Å². The molecule has 3 nitrogen and oxygen atoms in total. The van der Waals surface area contributed by atoms with Crippen LogP contribution in [0.5, 0.6) is 0 Å². The molecule has 0 aliphatic rings. The van der Waals surface area contributed by atoms with Crippen molar-refractivity contribution in [2.24, 2.45) is 0 Å². The first-order valence-corrected chi connectivity index (χ1v) is 6.75. The lowest BCUT2D eigenvalue weighted by Gasteiger charge is -2.10. The Kier molecular flexibility index (Phi) is 5.18. The summed E-state index contributed by atoms with van der Waals surface area (Å²) < 4.78 is 64.4. The van der Waals surface area contributed by atoms with Crippen molar-refractivity contribution >= 4 is 5.91 Å². The van der Waals surface area contributed by atoms with E-state index in [-0.39, 0.29) is 12.1 Å². The molecule has 0 aliphatic heterocycles. The molecule has 0 radical (unpaired) electrons. The summed E-state index contributed by atoms with van der Waals surface area (Å²) >= 11 is 0. The van der Waals surface area contributed by atoms with Crippen molar-refractivity contribution in [3.63, 3.8) is 0 Å². The third kappa shape index (κ3) is 4.29. The zero-order valence-electron chi connectivity index (χ0n) is 12.1. The van der Waals surface area contributed by atoms with E-state index in [4.69, 9.17) is 5.11 Å². The first-order chi connectivity index (χ1) is 11.2. The molecule has 0 saturated heterocycles. The zero-order valence-corrected chi connectivity index (χ0v) is 12.1.